The molecule has 0 unspecified atom stereocenters. The number of carbonyl (C=O) groups excluding carboxylic acids is 1. The van der Waals surface area contributed by atoms with Gasteiger partial charge in [-0.1, -0.05) is 0 Å². The first kappa shape index (κ1) is 15.2. The van der Waals surface area contributed by atoms with Gasteiger partial charge in [0.05, 0.1) is 16.6 Å². The smallest absolute Gasteiger partial charge is 0.311 e. The van der Waals surface area contributed by atoms with Crippen LogP contribution in [0.2, 0.25) is 0 Å². The summed E-state index contributed by atoms with van der Waals surface area (Å²) in [4.78, 5) is 24.2. The zero-order valence-corrected chi connectivity index (χ0v) is 12.2. The number of rotatable bonds is 2. The van der Waals surface area contributed by atoms with E-state index >= 15 is 0 Å². The molecule has 1 atom stereocenters. The lowest BCUT2D eigenvalue weighted by molar-refractivity contribution is -0.385. The second-order valence-electron chi connectivity index (χ2n) is 5.83. The fourth-order valence-corrected chi connectivity index (χ4v) is 2.59. The molecule has 1 aliphatic rings. The number of hydrogen-bond donors (Lipinski definition) is 1. The van der Waals surface area contributed by atoms with Gasteiger partial charge in [-0.2, -0.15) is 0 Å². The van der Waals surface area contributed by atoms with Crippen LogP contribution in [0.1, 0.15) is 31.1 Å². The minimum atomic E-state index is -0.710. The highest BCUT2D eigenvalue weighted by atomic mass is 16.6. The van der Waals surface area contributed by atoms with Crippen LogP contribution >= 0.6 is 0 Å². The molecule has 0 aliphatic carbocycles. The Labute approximate surface area is 122 Å². The number of morpholine rings is 1. The van der Waals surface area contributed by atoms with E-state index in [0.29, 0.717) is 13.1 Å². The highest BCUT2D eigenvalue weighted by Crippen LogP contribution is 2.28. The number of aromatic hydroxyl groups is 1. The summed E-state index contributed by atoms with van der Waals surface area (Å²) >= 11 is 0. The SMILES string of the molecule is C[C@H]1CN(C(=O)c2ccc(O)c([N+](=O)[O-])c2)CC(C)(C)O1. The first-order valence-electron chi connectivity index (χ1n) is 6.64. The molecule has 7 nitrogen and oxygen atoms in total. The van der Waals surface area contributed by atoms with Crippen LogP contribution in [0.3, 0.4) is 0 Å². The molecule has 0 saturated carbocycles. The van der Waals surface area contributed by atoms with E-state index in [1.165, 1.54) is 12.1 Å². The number of nitro benzene ring substituents is 1. The van der Waals surface area contributed by atoms with Gasteiger partial charge in [0.1, 0.15) is 0 Å². The van der Waals surface area contributed by atoms with Gasteiger partial charge in [-0.25, -0.2) is 0 Å². The second kappa shape index (κ2) is 5.33. The van der Waals surface area contributed by atoms with Gasteiger partial charge in [-0.15, -0.1) is 0 Å². The van der Waals surface area contributed by atoms with Gasteiger partial charge in [-0.05, 0) is 32.9 Å². The van der Waals surface area contributed by atoms with Crippen LogP contribution in [0.25, 0.3) is 0 Å². The lowest BCUT2D eigenvalue weighted by Gasteiger charge is -2.41. The van der Waals surface area contributed by atoms with Crippen molar-refractivity contribution in [2.24, 2.45) is 0 Å². The molecule has 1 heterocycles. The van der Waals surface area contributed by atoms with Crippen molar-refractivity contribution in [2.75, 3.05) is 13.1 Å². The van der Waals surface area contributed by atoms with E-state index in [9.17, 15) is 20.0 Å². The molecule has 1 N–H and O–H groups in total. The molecule has 0 aromatic heterocycles. The van der Waals surface area contributed by atoms with E-state index in [2.05, 4.69) is 0 Å². The number of phenols is 1. The summed E-state index contributed by atoms with van der Waals surface area (Å²) in [5, 5.41) is 20.3. The fourth-order valence-electron chi connectivity index (χ4n) is 2.59. The van der Waals surface area contributed by atoms with E-state index in [4.69, 9.17) is 4.74 Å². The summed E-state index contributed by atoms with van der Waals surface area (Å²) in [5.41, 5.74) is -0.748. The second-order valence-corrected chi connectivity index (χ2v) is 5.83. The molecule has 1 saturated heterocycles. The van der Waals surface area contributed by atoms with Crippen LogP contribution in [-0.2, 0) is 4.74 Å². The first-order valence-corrected chi connectivity index (χ1v) is 6.64. The molecular weight excluding hydrogens is 276 g/mol. The molecule has 21 heavy (non-hydrogen) atoms. The predicted octanol–water partition coefficient (Wildman–Crippen LogP) is 1.94. The maximum Gasteiger partial charge on any atom is 0.311 e. The zero-order valence-electron chi connectivity index (χ0n) is 12.2. The zero-order chi connectivity index (χ0) is 15.8. The minimum absolute atomic E-state index is 0.107. The first-order chi connectivity index (χ1) is 9.69. The third-order valence-corrected chi connectivity index (χ3v) is 3.28. The number of phenolic OH excluding ortho intramolecular Hbond substituents is 1. The van der Waals surface area contributed by atoms with Crippen molar-refractivity contribution in [3.05, 3.63) is 33.9 Å². The number of ether oxygens (including phenoxy) is 1. The maximum atomic E-state index is 12.5. The van der Waals surface area contributed by atoms with Gasteiger partial charge in [0.25, 0.3) is 5.91 Å². The number of hydrogen-bond acceptors (Lipinski definition) is 5. The van der Waals surface area contributed by atoms with Gasteiger partial charge < -0.3 is 14.7 Å². The van der Waals surface area contributed by atoms with Crippen LogP contribution in [0.15, 0.2) is 18.2 Å². The molecule has 2 rings (SSSR count). The summed E-state index contributed by atoms with van der Waals surface area (Å²) in [7, 11) is 0. The van der Waals surface area contributed by atoms with Crippen molar-refractivity contribution in [1.82, 2.24) is 4.90 Å². The molecule has 0 spiro atoms. The molecule has 1 aromatic rings. The molecule has 0 radical (unpaired) electrons. The quantitative estimate of drug-likeness (QED) is 0.664. The average Bonchev–Trinajstić information content (AvgIpc) is 2.35. The Morgan fingerprint density at radius 1 is 1.52 bits per heavy atom. The topological polar surface area (TPSA) is 92.9 Å². The molecule has 7 heteroatoms. The van der Waals surface area contributed by atoms with Crippen molar-refractivity contribution in [3.63, 3.8) is 0 Å². The molecule has 1 fully saturated rings. The Bertz CT molecular complexity index is 585. The van der Waals surface area contributed by atoms with Crippen molar-refractivity contribution in [1.29, 1.82) is 0 Å². The fraction of sp³-hybridized carbons (Fsp3) is 0.500. The third-order valence-electron chi connectivity index (χ3n) is 3.28. The summed E-state index contributed by atoms with van der Waals surface area (Å²) in [6, 6.07) is 3.66. The number of amides is 1. The van der Waals surface area contributed by atoms with E-state index in [0.717, 1.165) is 6.07 Å². The van der Waals surface area contributed by atoms with Gasteiger partial charge >= 0.3 is 5.69 Å². The van der Waals surface area contributed by atoms with Gasteiger partial charge in [0.2, 0.25) is 0 Å². The lowest BCUT2D eigenvalue weighted by Crippen LogP contribution is -2.53. The van der Waals surface area contributed by atoms with Crippen molar-refractivity contribution in [2.45, 2.75) is 32.5 Å². The normalized spacial score (nSPS) is 21.1. The van der Waals surface area contributed by atoms with E-state index in [1.807, 2.05) is 20.8 Å². The Balaban J connectivity index is 2.28. The van der Waals surface area contributed by atoms with Crippen LogP contribution in [0, 0.1) is 10.1 Å². The largest absolute Gasteiger partial charge is 0.502 e. The molecule has 1 amide bonds. The lowest BCUT2D eigenvalue weighted by atomic mass is 10.0. The minimum Gasteiger partial charge on any atom is -0.502 e. The van der Waals surface area contributed by atoms with Gasteiger partial charge in [-0.3, -0.25) is 14.9 Å². The van der Waals surface area contributed by atoms with Crippen molar-refractivity contribution < 1.29 is 19.6 Å². The van der Waals surface area contributed by atoms with Crippen molar-refractivity contribution >= 4 is 11.6 Å². The Morgan fingerprint density at radius 2 is 2.19 bits per heavy atom. The Hall–Kier alpha value is -2.15. The van der Waals surface area contributed by atoms with E-state index < -0.39 is 22.0 Å². The highest BCUT2D eigenvalue weighted by molar-refractivity contribution is 5.95. The molecule has 114 valence electrons. The number of nitrogens with zero attached hydrogens (tertiary/aromatic N) is 2. The summed E-state index contributed by atoms with van der Waals surface area (Å²) in [5.74, 6) is -0.756. The van der Waals surface area contributed by atoms with Crippen LogP contribution in [-0.4, -0.2) is 45.6 Å². The molecule has 1 aliphatic heterocycles. The standard InChI is InChI=1S/C14H18N2O5/c1-9-7-15(8-14(2,3)21-9)13(18)10-4-5-12(17)11(6-10)16(19)20/h4-6,9,17H,7-8H2,1-3H3/t9-/m0/s1. The number of nitro groups is 1. The van der Waals surface area contributed by atoms with Gasteiger partial charge in [0.15, 0.2) is 5.75 Å². The Morgan fingerprint density at radius 3 is 2.76 bits per heavy atom. The molecule has 1 aromatic carbocycles. The van der Waals surface area contributed by atoms with Crippen molar-refractivity contribution in [3.8, 4) is 5.75 Å². The highest BCUT2D eigenvalue weighted by Gasteiger charge is 2.34. The number of benzene rings is 1. The van der Waals surface area contributed by atoms with Crippen LogP contribution < -0.4 is 0 Å². The van der Waals surface area contributed by atoms with E-state index in [1.54, 1.807) is 4.90 Å². The van der Waals surface area contributed by atoms with Crippen LogP contribution in [0.4, 0.5) is 5.69 Å². The summed E-state index contributed by atoms with van der Waals surface area (Å²) < 4.78 is 5.73. The molecular formula is C14H18N2O5. The maximum absolute atomic E-state index is 12.5. The van der Waals surface area contributed by atoms with Gasteiger partial charge in [0, 0.05) is 24.7 Å². The molecule has 0 bridgehead atoms. The summed E-state index contributed by atoms with van der Waals surface area (Å²) in [6.07, 6.45) is -0.107. The third kappa shape index (κ3) is 3.30. The Kier molecular flexibility index (Phi) is 3.87. The van der Waals surface area contributed by atoms with E-state index in [-0.39, 0.29) is 17.6 Å². The predicted molar refractivity (Wildman–Crippen MR) is 75.3 cm³/mol. The summed E-state index contributed by atoms with van der Waals surface area (Å²) in [6.45, 7) is 6.49. The average molecular weight is 294 g/mol. The van der Waals surface area contributed by atoms with Crippen LogP contribution in [0.5, 0.6) is 5.75 Å². The number of carbonyl (C=O) groups is 1. The monoisotopic (exact) mass is 294 g/mol.